The van der Waals surface area contributed by atoms with Crippen molar-refractivity contribution in [2.45, 2.75) is 37.8 Å². The molecule has 17 heavy (non-hydrogen) atoms. The molecule has 0 aromatic rings. The monoisotopic (exact) mass is 258 g/mol. The van der Waals surface area contributed by atoms with Gasteiger partial charge in [-0.25, -0.2) is 4.79 Å². The van der Waals surface area contributed by atoms with Crippen LogP contribution in [0.1, 0.15) is 25.7 Å². The number of hydrogen-bond donors (Lipinski definition) is 2. The maximum absolute atomic E-state index is 12.0. The third-order valence-corrected chi connectivity index (χ3v) is 4.26. The molecule has 0 aromatic heterocycles. The van der Waals surface area contributed by atoms with Gasteiger partial charge in [-0.1, -0.05) is 0 Å². The Labute approximate surface area is 105 Å². The van der Waals surface area contributed by atoms with Crippen LogP contribution < -0.4 is 5.32 Å². The predicted octanol–water partition coefficient (Wildman–Crippen LogP) is 1.14. The molecule has 1 aliphatic carbocycles. The van der Waals surface area contributed by atoms with E-state index in [4.69, 9.17) is 5.11 Å². The molecule has 96 valence electrons. The van der Waals surface area contributed by atoms with E-state index in [9.17, 15) is 9.59 Å². The minimum absolute atomic E-state index is 0.141. The number of amides is 2. The van der Waals surface area contributed by atoms with Gasteiger partial charge in [0.1, 0.15) is 6.54 Å². The number of hydrogen-bond acceptors (Lipinski definition) is 3. The standard InChI is InChI=1S/C11H18N2O3S/c14-10(15)6-13(9-3-4-9)11(16)12-8-2-1-5-17-7-8/h8-9H,1-7H2,(H,12,16)(H,14,15). The molecule has 1 unspecified atom stereocenters. The quantitative estimate of drug-likeness (QED) is 0.793. The number of carboxylic acid groups (broad SMARTS) is 1. The van der Waals surface area contributed by atoms with Gasteiger partial charge in [0.2, 0.25) is 0 Å². The van der Waals surface area contributed by atoms with Crippen LogP contribution in [0.4, 0.5) is 4.79 Å². The lowest BCUT2D eigenvalue weighted by Gasteiger charge is -2.27. The topological polar surface area (TPSA) is 69.6 Å². The summed E-state index contributed by atoms with van der Waals surface area (Å²) in [7, 11) is 0. The first-order chi connectivity index (χ1) is 8.16. The summed E-state index contributed by atoms with van der Waals surface area (Å²) in [6, 6.07) is 0.140. The highest BCUT2D eigenvalue weighted by Gasteiger charge is 2.34. The molecule has 0 aromatic carbocycles. The SMILES string of the molecule is O=C(O)CN(C(=O)NC1CCCSC1)C1CC1. The number of carboxylic acids is 1. The molecule has 1 heterocycles. The number of nitrogens with zero attached hydrogens (tertiary/aromatic N) is 1. The van der Waals surface area contributed by atoms with E-state index in [-0.39, 0.29) is 24.7 Å². The van der Waals surface area contributed by atoms with Gasteiger partial charge in [-0.3, -0.25) is 4.79 Å². The van der Waals surface area contributed by atoms with Crippen LogP contribution in [0.5, 0.6) is 0 Å². The second kappa shape index (κ2) is 5.62. The fourth-order valence-corrected chi connectivity index (χ4v) is 3.08. The number of carbonyl (C=O) groups excluding carboxylic acids is 1. The highest BCUT2D eigenvalue weighted by Crippen LogP contribution is 2.27. The van der Waals surface area contributed by atoms with Crippen LogP contribution in [0.3, 0.4) is 0 Å². The highest BCUT2D eigenvalue weighted by atomic mass is 32.2. The minimum atomic E-state index is -0.940. The Morgan fingerprint density at radius 3 is 2.65 bits per heavy atom. The van der Waals surface area contributed by atoms with Crippen molar-refractivity contribution in [1.29, 1.82) is 0 Å². The van der Waals surface area contributed by atoms with E-state index in [0.717, 1.165) is 37.2 Å². The van der Waals surface area contributed by atoms with Crippen LogP contribution in [-0.2, 0) is 4.79 Å². The summed E-state index contributed by atoms with van der Waals surface area (Å²) < 4.78 is 0. The summed E-state index contributed by atoms with van der Waals surface area (Å²) in [5, 5.41) is 11.7. The maximum atomic E-state index is 12.0. The fraction of sp³-hybridized carbons (Fsp3) is 0.818. The first-order valence-corrected chi connectivity index (χ1v) is 7.19. The first-order valence-electron chi connectivity index (χ1n) is 6.03. The second-order valence-electron chi connectivity index (χ2n) is 4.62. The number of aliphatic carboxylic acids is 1. The number of nitrogens with one attached hydrogen (secondary N) is 1. The van der Waals surface area contributed by atoms with Crippen LogP contribution in [0.15, 0.2) is 0 Å². The highest BCUT2D eigenvalue weighted by molar-refractivity contribution is 7.99. The third-order valence-electron chi connectivity index (χ3n) is 3.04. The number of rotatable bonds is 4. The zero-order valence-corrected chi connectivity index (χ0v) is 10.5. The van der Waals surface area contributed by atoms with Crippen molar-refractivity contribution >= 4 is 23.8 Å². The third kappa shape index (κ3) is 3.80. The van der Waals surface area contributed by atoms with E-state index in [0.29, 0.717) is 0 Å². The molecule has 2 rings (SSSR count). The van der Waals surface area contributed by atoms with Crippen molar-refractivity contribution < 1.29 is 14.7 Å². The summed E-state index contributed by atoms with van der Waals surface area (Å²) in [6.45, 7) is -0.184. The molecule has 6 heteroatoms. The van der Waals surface area contributed by atoms with Crippen molar-refractivity contribution in [3.8, 4) is 0 Å². The molecule has 1 aliphatic heterocycles. The Bertz CT molecular complexity index is 301. The molecule has 0 radical (unpaired) electrons. The second-order valence-corrected chi connectivity index (χ2v) is 5.77. The Morgan fingerprint density at radius 1 is 1.35 bits per heavy atom. The fourth-order valence-electron chi connectivity index (χ4n) is 2.01. The van der Waals surface area contributed by atoms with Gasteiger partial charge in [0.15, 0.2) is 0 Å². The van der Waals surface area contributed by atoms with Crippen LogP contribution in [-0.4, -0.2) is 52.1 Å². The molecule has 0 bridgehead atoms. The summed E-state index contributed by atoms with van der Waals surface area (Å²) in [4.78, 5) is 24.1. The van der Waals surface area contributed by atoms with E-state index < -0.39 is 5.97 Å². The van der Waals surface area contributed by atoms with Crippen molar-refractivity contribution in [2.24, 2.45) is 0 Å². The molecular weight excluding hydrogens is 240 g/mol. The van der Waals surface area contributed by atoms with Crippen molar-refractivity contribution in [3.63, 3.8) is 0 Å². The minimum Gasteiger partial charge on any atom is -0.480 e. The summed E-state index contributed by atoms with van der Waals surface area (Å²) in [6.07, 6.45) is 3.99. The zero-order valence-electron chi connectivity index (χ0n) is 9.72. The van der Waals surface area contributed by atoms with Crippen LogP contribution in [0.2, 0.25) is 0 Å². The summed E-state index contributed by atoms with van der Waals surface area (Å²) in [5.74, 6) is 1.16. The van der Waals surface area contributed by atoms with Gasteiger partial charge in [0.25, 0.3) is 0 Å². The average molecular weight is 258 g/mol. The van der Waals surface area contributed by atoms with Gasteiger partial charge in [-0.2, -0.15) is 11.8 Å². The van der Waals surface area contributed by atoms with E-state index in [1.165, 1.54) is 4.90 Å². The van der Waals surface area contributed by atoms with Crippen LogP contribution >= 0.6 is 11.8 Å². The van der Waals surface area contributed by atoms with E-state index in [1.807, 2.05) is 11.8 Å². The molecule has 1 atom stereocenters. The van der Waals surface area contributed by atoms with E-state index in [2.05, 4.69) is 5.32 Å². The molecule has 2 fully saturated rings. The maximum Gasteiger partial charge on any atom is 0.323 e. The first kappa shape index (κ1) is 12.5. The van der Waals surface area contributed by atoms with Crippen LogP contribution in [0, 0.1) is 0 Å². The molecule has 1 saturated carbocycles. The number of thioether (sulfide) groups is 1. The van der Waals surface area contributed by atoms with Gasteiger partial charge in [0, 0.05) is 17.8 Å². The van der Waals surface area contributed by atoms with Crippen LogP contribution in [0.25, 0.3) is 0 Å². The molecule has 1 saturated heterocycles. The van der Waals surface area contributed by atoms with Crippen molar-refractivity contribution in [1.82, 2.24) is 10.2 Å². The lowest BCUT2D eigenvalue weighted by molar-refractivity contribution is -0.137. The molecule has 0 spiro atoms. The lowest BCUT2D eigenvalue weighted by atomic mass is 10.2. The van der Waals surface area contributed by atoms with Gasteiger partial charge >= 0.3 is 12.0 Å². The Balaban J connectivity index is 1.84. The number of urea groups is 1. The van der Waals surface area contributed by atoms with Crippen molar-refractivity contribution in [3.05, 3.63) is 0 Å². The molecule has 2 aliphatic rings. The predicted molar refractivity (Wildman–Crippen MR) is 66.2 cm³/mol. The largest absolute Gasteiger partial charge is 0.480 e. The Hall–Kier alpha value is -0.910. The van der Waals surface area contributed by atoms with E-state index in [1.54, 1.807) is 0 Å². The normalized spacial score (nSPS) is 24.1. The lowest BCUT2D eigenvalue weighted by Crippen LogP contribution is -2.49. The molecule has 5 nitrogen and oxygen atoms in total. The van der Waals surface area contributed by atoms with Gasteiger partial charge in [0.05, 0.1) is 0 Å². The average Bonchev–Trinajstić information content (AvgIpc) is 3.10. The van der Waals surface area contributed by atoms with Gasteiger partial charge in [-0.15, -0.1) is 0 Å². The summed E-state index contributed by atoms with van der Waals surface area (Å²) in [5.41, 5.74) is 0. The Morgan fingerprint density at radius 2 is 2.12 bits per heavy atom. The zero-order chi connectivity index (χ0) is 12.3. The number of carbonyl (C=O) groups is 2. The van der Waals surface area contributed by atoms with Gasteiger partial charge < -0.3 is 15.3 Å². The Kier molecular flexibility index (Phi) is 4.15. The van der Waals surface area contributed by atoms with E-state index >= 15 is 0 Å². The molecule has 2 N–H and O–H groups in total. The molecule has 2 amide bonds. The smallest absolute Gasteiger partial charge is 0.323 e. The molecular formula is C11H18N2O3S. The van der Waals surface area contributed by atoms with Crippen molar-refractivity contribution in [2.75, 3.05) is 18.1 Å². The van der Waals surface area contributed by atoms with Gasteiger partial charge in [-0.05, 0) is 31.4 Å². The summed E-state index contributed by atoms with van der Waals surface area (Å²) >= 11 is 1.85.